The van der Waals surface area contributed by atoms with E-state index in [1.165, 1.54) is 18.2 Å². The highest BCUT2D eigenvalue weighted by atomic mass is 32.2. The summed E-state index contributed by atoms with van der Waals surface area (Å²) in [4.78, 5) is 21.9. The molecule has 0 aliphatic rings. The van der Waals surface area contributed by atoms with E-state index >= 15 is 0 Å². The molecule has 0 amide bonds. The number of carboxylic acids is 2. The Bertz CT molecular complexity index is 897. The number of aryl methyl sites for hydroxylation is 1. The van der Waals surface area contributed by atoms with Crippen LogP contribution in [-0.2, 0) is 14.3 Å². The van der Waals surface area contributed by atoms with Crippen LogP contribution in [-0.4, -0.2) is 37.7 Å². The maximum Gasteiger partial charge on any atom is 0.335 e. The van der Waals surface area contributed by atoms with Gasteiger partial charge in [0.25, 0.3) is 10.1 Å². The molecule has 0 unspecified atom stereocenters. The first-order valence-corrected chi connectivity index (χ1v) is 7.44. The molecule has 0 fully saturated rings. The van der Waals surface area contributed by atoms with E-state index in [1.54, 1.807) is 6.92 Å². The van der Waals surface area contributed by atoms with Gasteiger partial charge < -0.3 is 10.2 Å². The molecule has 0 saturated heterocycles. The fourth-order valence-corrected chi connectivity index (χ4v) is 3.04. The molecule has 0 atom stereocenters. The SMILES string of the molecule is COS(=O)(=O)c1cc(C(=O)O)cc2c(C)cc(C(=O)O)cc12. The molecule has 2 rings (SSSR count). The third kappa shape index (κ3) is 2.66. The van der Waals surface area contributed by atoms with E-state index in [4.69, 9.17) is 10.2 Å². The zero-order chi connectivity index (χ0) is 16.7. The summed E-state index contributed by atoms with van der Waals surface area (Å²) in [6.45, 7) is 1.57. The van der Waals surface area contributed by atoms with Gasteiger partial charge in [0, 0.05) is 5.39 Å². The molecule has 0 aliphatic heterocycles. The van der Waals surface area contributed by atoms with Crippen LogP contribution in [0, 0.1) is 6.92 Å². The van der Waals surface area contributed by atoms with Crippen LogP contribution in [0.1, 0.15) is 26.3 Å². The standard InChI is InChI=1S/C14H12O7S/c1-7-3-8(13(15)16)5-11-10(7)4-9(14(17)18)6-12(11)22(19,20)21-2/h3-6H,1-2H3,(H,15,16)(H,17,18). The molecule has 0 bridgehead atoms. The first kappa shape index (κ1) is 15.9. The minimum Gasteiger partial charge on any atom is -0.478 e. The molecular weight excluding hydrogens is 312 g/mol. The summed E-state index contributed by atoms with van der Waals surface area (Å²) in [7, 11) is -3.25. The largest absolute Gasteiger partial charge is 0.478 e. The summed E-state index contributed by atoms with van der Waals surface area (Å²) in [6, 6.07) is 4.78. The summed E-state index contributed by atoms with van der Waals surface area (Å²) >= 11 is 0. The van der Waals surface area contributed by atoms with Crippen LogP contribution in [0.5, 0.6) is 0 Å². The Morgan fingerprint density at radius 3 is 1.95 bits per heavy atom. The molecule has 0 saturated carbocycles. The number of benzene rings is 2. The molecule has 0 radical (unpaired) electrons. The number of hydrogen-bond acceptors (Lipinski definition) is 5. The molecule has 7 nitrogen and oxygen atoms in total. The normalized spacial score (nSPS) is 11.5. The lowest BCUT2D eigenvalue weighted by Gasteiger charge is -2.11. The van der Waals surface area contributed by atoms with E-state index in [-0.39, 0.29) is 21.4 Å². The Morgan fingerprint density at radius 2 is 1.45 bits per heavy atom. The smallest absolute Gasteiger partial charge is 0.335 e. The van der Waals surface area contributed by atoms with Crippen LogP contribution < -0.4 is 0 Å². The topological polar surface area (TPSA) is 118 Å². The number of aromatic carboxylic acids is 2. The van der Waals surface area contributed by atoms with Crippen molar-refractivity contribution in [1.82, 2.24) is 0 Å². The Labute approximate surface area is 125 Å². The number of rotatable bonds is 4. The second-order valence-corrected chi connectivity index (χ2v) is 6.28. The van der Waals surface area contributed by atoms with Crippen molar-refractivity contribution in [3.05, 3.63) is 41.0 Å². The van der Waals surface area contributed by atoms with Gasteiger partial charge in [-0.05, 0) is 42.1 Å². The minimum atomic E-state index is -4.20. The Morgan fingerprint density at radius 1 is 0.955 bits per heavy atom. The average Bonchev–Trinajstić information content (AvgIpc) is 2.45. The molecule has 116 valence electrons. The molecule has 22 heavy (non-hydrogen) atoms. The van der Waals surface area contributed by atoms with E-state index in [0.29, 0.717) is 10.9 Å². The van der Waals surface area contributed by atoms with Gasteiger partial charge in [-0.1, -0.05) is 0 Å². The summed E-state index contributed by atoms with van der Waals surface area (Å²) in [5.74, 6) is -2.51. The first-order chi connectivity index (χ1) is 10.2. The van der Waals surface area contributed by atoms with E-state index in [2.05, 4.69) is 4.18 Å². The molecule has 8 heteroatoms. The van der Waals surface area contributed by atoms with Crippen molar-refractivity contribution in [2.45, 2.75) is 11.8 Å². The van der Waals surface area contributed by atoms with Crippen LogP contribution in [0.15, 0.2) is 29.2 Å². The van der Waals surface area contributed by atoms with Gasteiger partial charge in [0.15, 0.2) is 0 Å². The van der Waals surface area contributed by atoms with Gasteiger partial charge in [-0.25, -0.2) is 9.59 Å². The van der Waals surface area contributed by atoms with Gasteiger partial charge in [0.2, 0.25) is 0 Å². The second kappa shape index (κ2) is 5.39. The molecule has 0 spiro atoms. The molecule has 0 aromatic heterocycles. The predicted octanol–water partition coefficient (Wildman–Crippen LogP) is 1.88. The molecular formula is C14H12O7S. The monoisotopic (exact) mass is 324 g/mol. The highest BCUT2D eigenvalue weighted by Gasteiger charge is 2.22. The maximum atomic E-state index is 12.0. The molecule has 0 aliphatic carbocycles. The van der Waals surface area contributed by atoms with Gasteiger partial charge >= 0.3 is 11.9 Å². The first-order valence-electron chi connectivity index (χ1n) is 6.03. The lowest BCUT2D eigenvalue weighted by atomic mass is 9.99. The predicted molar refractivity (Wildman–Crippen MR) is 76.8 cm³/mol. The molecule has 2 aromatic carbocycles. The third-order valence-corrected chi connectivity index (χ3v) is 4.54. The van der Waals surface area contributed by atoms with E-state index < -0.39 is 22.1 Å². The van der Waals surface area contributed by atoms with Gasteiger partial charge in [-0.2, -0.15) is 8.42 Å². The second-order valence-electron chi connectivity index (χ2n) is 4.59. The van der Waals surface area contributed by atoms with Crippen molar-refractivity contribution < 1.29 is 32.4 Å². The van der Waals surface area contributed by atoms with Crippen LogP contribution >= 0.6 is 0 Å². The fraction of sp³-hybridized carbons (Fsp3) is 0.143. The minimum absolute atomic E-state index is 0.0966. The summed E-state index contributed by atoms with van der Waals surface area (Å²) in [5, 5.41) is 18.6. The summed E-state index contributed by atoms with van der Waals surface area (Å²) < 4.78 is 28.5. The van der Waals surface area contributed by atoms with E-state index in [1.807, 2.05) is 0 Å². The number of carbonyl (C=O) groups is 2. The van der Waals surface area contributed by atoms with Crippen molar-refractivity contribution in [1.29, 1.82) is 0 Å². The maximum absolute atomic E-state index is 12.0. The zero-order valence-electron chi connectivity index (χ0n) is 11.7. The van der Waals surface area contributed by atoms with Gasteiger partial charge in [0.1, 0.15) is 4.90 Å². The highest BCUT2D eigenvalue weighted by molar-refractivity contribution is 7.87. The number of fused-ring (bicyclic) bond motifs is 1. The van der Waals surface area contributed by atoms with Crippen molar-refractivity contribution in [2.75, 3.05) is 7.11 Å². The zero-order valence-corrected chi connectivity index (χ0v) is 12.5. The van der Waals surface area contributed by atoms with Crippen molar-refractivity contribution >= 4 is 32.8 Å². The van der Waals surface area contributed by atoms with Gasteiger partial charge in [-0.3, -0.25) is 4.18 Å². The highest BCUT2D eigenvalue weighted by Crippen LogP contribution is 2.30. The van der Waals surface area contributed by atoms with Crippen molar-refractivity contribution in [3.63, 3.8) is 0 Å². The van der Waals surface area contributed by atoms with Gasteiger partial charge in [0.05, 0.1) is 18.2 Å². The van der Waals surface area contributed by atoms with Crippen LogP contribution in [0.25, 0.3) is 10.8 Å². The fourth-order valence-electron chi connectivity index (χ4n) is 2.15. The lowest BCUT2D eigenvalue weighted by Crippen LogP contribution is -2.08. The quantitative estimate of drug-likeness (QED) is 0.824. The molecule has 2 N–H and O–H groups in total. The molecule has 2 aromatic rings. The van der Waals surface area contributed by atoms with Gasteiger partial charge in [-0.15, -0.1) is 0 Å². The molecule has 0 heterocycles. The van der Waals surface area contributed by atoms with E-state index in [9.17, 15) is 18.0 Å². The Hall–Kier alpha value is -2.45. The van der Waals surface area contributed by atoms with Crippen LogP contribution in [0.2, 0.25) is 0 Å². The summed E-state index contributed by atoms with van der Waals surface area (Å²) in [6.07, 6.45) is 0. The van der Waals surface area contributed by atoms with Crippen LogP contribution in [0.4, 0.5) is 0 Å². The van der Waals surface area contributed by atoms with Crippen molar-refractivity contribution in [2.24, 2.45) is 0 Å². The lowest BCUT2D eigenvalue weighted by molar-refractivity contribution is 0.0685. The number of carboxylic acid groups (broad SMARTS) is 2. The Balaban J connectivity index is 3.02. The third-order valence-electron chi connectivity index (χ3n) is 3.22. The summed E-state index contributed by atoms with van der Waals surface area (Å²) in [5.41, 5.74) is 0.125. The van der Waals surface area contributed by atoms with Crippen LogP contribution in [0.3, 0.4) is 0 Å². The van der Waals surface area contributed by atoms with Crippen molar-refractivity contribution in [3.8, 4) is 0 Å². The number of hydrogen-bond donors (Lipinski definition) is 2. The average molecular weight is 324 g/mol. The Kier molecular flexibility index (Phi) is 3.90. The van der Waals surface area contributed by atoms with E-state index in [0.717, 1.165) is 13.2 Å².